The topological polar surface area (TPSA) is 52.9 Å². The summed E-state index contributed by atoms with van der Waals surface area (Å²) >= 11 is 1.58. The van der Waals surface area contributed by atoms with E-state index in [1.54, 1.807) is 23.9 Å². The third kappa shape index (κ3) is 4.14. The maximum atomic E-state index is 12.0. The monoisotopic (exact) mass is 322 g/mol. The van der Waals surface area contributed by atoms with Crippen LogP contribution in [0.2, 0.25) is 0 Å². The van der Waals surface area contributed by atoms with E-state index in [-0.39, 0.29) is 5.91 Å². The van der Waals surface area contributed by atoms with Crippen LogP contribution in [0.4, 0.5) is 5.69 Å². The van der Waals surface area contributed by atoms with Crippen LogP contribution < -0.4 is 5.32 Å². The van der Waals surface area contributed by atoms with Gasteiger partial charge in [0.05, 0.1) is 17.4 Å². The quantitative estimate of drug-likeness (QED) is 0.908. The Hall–Kier alpha value is -2.25. The van der Waals surface area contributed by atoms with Crippen molar-refractivity contribution in [2.24, 2.45) is 0 Å². The van der Waals surface area contributed by atoms with Gasteiger partial charge < -0.3 is 5.32 Å². The highest BCUT2D eigenvalue weighted by Gasteiger charge is 2.11. The highest BCUT2D eigenvalue weighted by atomic mass is 32.2. The molecule has 0 spiro atoms. The summed E-state index contributed by atoms with van der Waals surface area (Å²) in [4.78, 5) is 12.0. The van der Waals surface area contributed by atoms with Crippen molar-refractivity contribution >= 4 is 23.4 Å². The number of nitriles is 1. The number of benzene rings is 2. The van der Waals surface area contributed by atoms with Crippen molar-refractivity contribution in [1.29, 1.82) is 5.26 Å². The second-order valence-electron chi connectivity index (χ2n) is 5.69. The zero-order valence-electron chi connectivity index (χ0n) is 12.8. The van der Waals surface area contributed by atoms with Crippen LogP contribution in [0.5, 0.6) is 0 Å². The molecule has 2 aromatic rings. The largest absolute Gasteiger partial charge is 0.325 e. The Morgan fingerprint density at radius 2 is 1.91 bits per heavy atom. The Kier molecular flexibility index (Phi) is 4.99. The minimum Gasteiger partial charge on any atom is -0.325 e. The molecule has 0 aromatic heterocycles. The first-order valence-corrected chi connectivity index (χ1v) is 8.88. The first-order valence-electron chi connectivity index (χ1n) is 7.73. The van der Waals surface area contributed by atoms with Crippen LogP contribution in [-0.4, -0.2) is 11.7 Å². The molecule has 0 heterocycles. The van der Waals surface area contributed by atoms with E-state index in [0.29, 0.717) is 11.3 Å². The molecule has 1 aliphatic rings. The van der Waals surface area contributed by atoms with E-state index < -0.39 is 0 Å². The van der Waals surface area contributed by atoms with Crippen LogP contribution in [0.25, 0.3) is 0 Å². The van der Waals surface area contributed by atoms with Crippen molar-refractivity contribution in [3.63, 3.8) is 0 Å². The van der Waals surface area contributed by atoms with E-state index in [9.17, 15) is 4.79 Å². The Morgan fingerprint density at radius 1 is 1.13 bits per heavy atom. The standard InChI is InChI=1S/C19H18N2OS/c20-11-14-4-6-15(7-5-14)12-23-13-19(22)21-18-9-8-16-2-1-3-17(16)10-18/h4-10H,1-3,12-13H2,(H,21,22). The van der Waals surface area contributed by atoms with E-state index in [0.717, 1.165) is 29.8 Å². The highest BCUT2D eigenvalue weighted by Crippen LogP contribution is 2.25. The molecule has 0 bridgehead atoms. The van der Waals surface area contributed by atoms with Gasteiger partial charge in [0.25, 0.3) is 0 Å². The summed E-state index contributed by atoms with van der Waals surface area (Å²) in [5, 5.41) is 11.7. The lowest BCUT2D eigenvalue weighted by Gasteiger charge is -2.07. The van der Waals surface area contributed by atoms with Gasteiger partial charge in [-0.1, -0.05) is 18.2 Å². The summed E-state index contributed by atoms with van der Waals surface area (Å²) in [6, 6.07) is 15.8. The molecule has 0 unspecified atom stereocenters. The van der Waals surface area contributed by atoms with Gasteiger partial charge in [0.2, 0.25) is 5.91 Å². The van der Waals surface area contributed by atoms with Gasteiger partial charge in [0.1, 0.15) is 0 Å². The molecule has 0 saturated heterocycles. The number of aryl methyl sites for hydroxylation is 2. The number of amides is 1. The molecule has 1 N–H and O–H groups in total. The lowest BCUT2D eigenvalue weighted by Crippen LogP contribution is -2.14. The number of hydrogen-bond acceptors (Lipinski definition) is 3. The molecule has 2 aromatic carbocycles. The Morgan fingerprint density at radius 3 is 2.70 bits per heavy atom. The maximum Gasteiger partial charge on any atom is 0.234 e. The lowest BCUT2D eigenvalue weighted by atomic mass is 10.1. The second kappa shape index (κ2) is 7.34. The van der Waals surface area contributed by atoms with Gasteiger partial charge in [-0.25, -0.2) is 0 Å². The smallest absolute Gasteiger partial charge is 0.234 e. The molecule has 23 heavy (non-hydrogen) atoms. The molecule has 1 aliphatic carbocycles. The van der Waals surface area contributed by atoms with Gasteiger partial charge >= 0.3 is 0 Å². The SMILES string of the molecule is N#Cc1ccc(CSCC(=O)Nc2ccc3c(c2)CCC3)cc1. The molecule has 0 radical (unpaired) electrons. The van der Waals surface area contributed by atoms with Gasteiger partial charge in [-0.2, -0.15) is 5.26 Å². The predicted octanol–water partition coefficient (Wildman–Crippen LogP) is 3.92. The molecule has 0 atom stereocenters. The summed E-state index contributed by atoms with van der Waals surface area (Å²) in [6.07, 6.45) is 3.49. The molecular formula is C19H18N2OS. The fourth-order valence-corrected chi connectivity index (χ4v) is 3.57. The lowest BCUT2D eigenvalue weighted by molar-refractivity contribution is -0.113. The molecule has 116 valence electrons. The van der Waals surface area contributed by atoms with E-state index in [4.69, 9.17) is 5.26 Å². The van der Waals surface area contributed by atoms with E-state index in [2.05, 4.69) is 23.5 Å². The van der Waals surface area contributed by atoms with Crippen molar-refractivity contribution < 1.29 is 4.79 Å². The molecule has 0 aliphatic heterocycles. The Balaban J connectivity index is 1.47. The first kappa shape index (κ1) is 15.6. The summed E-state index contributed by atoms with van der Waals surface area (Å²) in [6.45, 7) is 0. The third-order valence-electron chi connectivity index (χ3n) is 3.97. The number of nitrogens with one attached hydrogen (secondary N) is 1. The normalized spacial score (nSPS) is 12.5. The first-order chi connectivity index (χ1) is 11.2. The Labute approximate surface area is 140 Å². The average molecular weight is 322 g/mol. The molecular weight excluding hydrogens is 304 g/mol. The van der Waals surface area contributed by atoms with Crippen molar-refractivity contribution in [2.75, 3.05) is 11.1 Å². The zero-order chi connectivity index (χ0) is 16.1. The van der Waals surface area contributed by atoms with Crippen LogP contribution in [0.15, 0.2) is 42.5 Å². The zero-order valence-corrected chi connectivity index (χ0v) is 13.7. The van der Waals surface area contributed by atoms with Gasteiger partial charge in [-0.05, 0) is 60.2 Å². The number of nitrogens with zero attached hydrogens (tertiary/aromatic N) is 1. The van der Waals surface area contributed by atoms with Gasteiger partial charge in [0, 0.05) is 11.4 Å². The molecule has 0 fully saturated rings. The average Bonchev–Trinajstić information content (AvgIpc) is 3.03. The fraction of sp³-hybridized carbons (Fsp3) is 0.263. The van der Waals surface area contributed by atoms with E-state index >= 15 is 0 Å². The summed E-state index contributed by atoms with van der Waals surface area (Å²) in [5.41, 5.74) is 5.47. The molecule has 4 heteroatoms. The summed E-state index contributed by atoms with van der Waals surface area (Å²) in [7, 11) is 0. The number of carbonyl (C=O) groups is 1. The van der Waals surface area contributed by atoms with Crippen LogP contribution in [0.3, 0.4) is 0 Å². The molecule has 3 nitrogen and oxygen atoms in total. The van der Waals surface area contributed by atoms with E-state index in [1.807, 2.05) is 18.2 Å². The van der Waals surface area contributed by atoms with Crippen LogP contribution in [0, 0.1) is 11.3 Å². The van der Waals surface area contributed by atoms with Crippen LogP contribution in [-0.2, 0) is 23.4 Å². The van der Waals surface area contributed by atoms with Crippen molar-refractivity contribution in [3.8, 4) is 6.07 Å². The molecule has 3 rings (SSSR count). The molecule has 0 saturated carbocycles. The van der Waals surface area contributed by atoms with Crippen molar-refractivity contribution in [1.82, 2.24) is 0 Å². The minimum absolute atomic E-state index is 0.0293. The van der Waals surface area contributed by atoms with Crippen molar-refractivity contribution in [2.45, 2.75) is 25.0 Å². The maximum absolute atomic E-state index is 12.0. The number of anilines is 1. The van der Waals surface area contributed by atoms with Crippen LogP contribution >= 0.6 is 11.8 Å². The third-order valence-corrected chi connectivity index (χ3v) is 4.97. The second-order valence-corrected chi connectivity index (χ2v) is 6.67. The van der Waals surface area contributed by atoms with Gasteiger partial charge in [-0.3, -0.25) is 4.79 Å². The number of thioether (sulfide) groups is 1. The van der Waals surface area contributed by atoms with Crippen LogP contribution in [0.1, 0.15) is 28.7 Å². The molecule has 1 amide bonds. The van der Waals surface area contributed by atoms with Gasteiger partial charge in [-0.15, -0.1) is 11.8 Å². The summed E-state index contributed by atoms with van der Waals surface area (Å²) < 4.78 is 0. The number of carbonyl (C=O) groups excluding carboxylic acids is 1. The predicted molar refractivity (Wildman–Crippen MR) is 94.4 cm³/mol. The highest BCUT2D eigenvalue weighted by molar-refractivity contribution is 7.99. The van der Waals surface area contributed by atoms with E-state index in [1.165, 1.54) is 17.5 Å². The summed E-state index contributed by atoms with van der Waals surface area (Å²) in [5.74, 6) is 1.22. The number of rotatable bonds is 5. The van der Waals surface area contributed by atoms with Gasteiger partial charge in [0.15, 0.2) is 0 Å². The van der Waals surface area contributed by atoms with Crippen molar-refractivity contribution in [3.05, 3.63) is 64.7 Å². The fourth-order valence-electron chi connectivity index (χ4n) is 2.78. The number of fused-ring (bicyclic) bond motifs is 1. The Bertz CT molecular complexity index is 747. The minimum atomic E-state index is 0.0293. The number of hydrogen-bond donors (Lipinski definition) is 1.